The van der Waals surface area contributed by atoms with Crippen molar-refractivity contribution in [2.24, 2.45) is 0 Å². The van der Waals surface area contributed by atoms with E-state index in [1.54, 1.807) is 24.4 Å². The topological polar surface area (TPSA) is 89.3 Å². The minimum atomic E-state index is -3.54. The third kappa shape index (κ3) is 3.79. The summed E-state index contributed by atoms with van der Waals surface area (Å²) in [6.07, 6.45) is 1.56. The molecule has 28 heavy (non-hydrogen) atoms. The lowest BCUT2D eigenvalue weighted by Crippen LogP contribution is -2.11. The molecule has 140 valence electrons. The van der Waals surface area contributed by atoms with Crippen LogP contribution in [-0.4, -0.2) is 19.3 Å². The number of hydrogen-bond acceptors (Lipinski definition) is 5. The molecular weight excluding hydrogens is 376 g/mol. The van der Waals surface area contributed by atoms with E-state index in [1.807, 2.05) is 30.3 Å². The molecule has 1 amide bonds. The number of aromatic nitrogens is 1. The molecule has 7 heteroatoms. The van der Waals surface area contributed by atoms with Gasteiger partial charge < -0.3 is 9.73 Å². The zero-order chi connectivity index (χ0) is 19.6. The van der Waals surface area contributed by atoms with Gasteiger partial charge in [-0.2, -0.15) is 0 Å². The molecule has 4 aromatic rings. The largest absolute Gasteiger partial charge is 0.455 e. The normalized spacial score (nSPS) is 11.4. The van der Waals surface area contributed by atoms with Crippen LogP contribution in [0.3, 0.4) is 0 Å². The predicted molar refractivity (Wildman–Crippen MR) is 106 cm³/mol. The van der Waals surface area contributed by atoms with Gasteiger partial charge in [-0.3, -0.25) is 9.78 Å². The van der Waals surface area contributed by atoms with E-state index in [4.69, 9.17) is 4.42 Å². The van der Waals surface area contributed by atoms with Gasteiger partial charge in [-0.1, -0.05) is 36.4 Å². The lowest BCUT2D eigenvalue weighted by Gasteiger charge is -2.05. The van der Waals surface area contributed by atoms with Gasteiger partial charge in [-0.05, 0) is 36.4 Å². The SMILES string of the molecule is O=C(Nc1cnc2ccccc2c1)c1ccc(CS(=O)(=O)c2ccccc2)o1. The molecule has 0 aliphatic rings. The van der Waals surface area contributed by atoms with Gasteiger partial charge in [0.2, 0.25) is 0 Å². The van der Waals surface area contributed by atoms with Crippen LogP contribution in [-0.2, 0) is 15.6 Å². The van der Waals surface area contributed by atoms with E-state index >= 15 is 0 Å². The second-order valence-corrected chi connectivity index (χ2v) is 8.20. The number of nitrogens with zero attached hydrogens (tertiary/aromatic N) is 1. The Balaban J connectivity index is 1.49. The summed E-state index contributed by atoms with van der Waals surface area (Å²) in [5, 5.41) is 3.61. The monoisotopic (exact) mass is 392 g/mol. The number of carbonyl (C=O) groups is 1. The summed E-state index contributed by atoms with van der Waals surface area (Å²) in [7, 11) is -3.54. The Kier molecular flexibility index (Phi) is 4.67. The van der Waals surface area contributed by atoms with Crippen LogP contribution in [0.4, 0.5) is 5.69 Å². The van der Waals surface area contributed by atoms with Crippen LogP contribution in [0.25, 0.3) is 10.9 Å². The maximum Gasteiger partial charge on any atom is 0.291 e. The van der Waals surface area contributed by atoms with E-state index in [1.165, 1.54) is 24.3 Å². The lowest BCUT2D eigenvalue weighted by atomic mass is 10.2. The van der Waals surface area contributed by atoms with E-state index in [2.05, 4.69) is 10.3 Å². The first-order valence-corrected chi connectivity index (χ1v) is 10.2. The second-order valence-electron chi connectivity index (χ2n) is 6.21. The van der Waals surface area contributed by atoms with E-state index in [0.29, 0.717) is 5.69 Å². The highest BCUT2D eigenvalue weighted by atomic mass is 32.2. The molecule has 1 N–H and O–H groups in total. The Labute approximate surface area is 161 Å². The first-order valence-electron chi connectivity index (χ1n) is 8.54. The fourth-order valence-electron chi connectivity index (χ4n) is 2.81. The Morgan fingerprint density at radius 1 is 0.964 bits per heavy atom. The second kappa shape index (κ2) is 7.28. The van der Waals surface area contributed by atoms with E-state index < -0.39 is 15.7 Å². The molecule has 6 nitrogen and oxygen atoms in total. The molecule has 0 aliphatic heterocycles. The van der Waals surface area contributed by atoms with Gasteiger partial charge in [-0.15, -0.1) is 0 Å². The van der Waals surface area contributed by atoms with Crippen molar-refractivity contribution in [3.63, 3.8) is 0 Å². The average Bonchev–Trinajstić information content (AvgIpc) is 3.16. The minimum Gasteiger partial charge on any atom is -0.455 e. The molecule has 0 fully saturated rings. The van der Waals surface area contributed by atoms with Crippen molar-refractivity contribution in [3.05, 3.63) is 90.5 Å². The summed E-state index contributed by atoms with van der Waals surface area (Å²) in [6.45, 7) is 0. The maximum absolute atomic E-state index is 12.4. The molecule has 0 bridgehead atoms. The van der Waals surface area contributed by atoms with E-state index in [0.717, 1.165) is 10.9 Å². The zero-order valence-electron chi connectivity index (χ0n) is 14.7. The Morgan fingerprint density at radius 2 is 1.71 bits per heavy atom. The van der Waals surface area contributed by atoms with Crippen molar-refractivity contribution in [3.8, 4) is 0 Å². The number of nitrogens with one attached hydrogen (secondary N) is 1. The van der Waals surface area contributed by atoms with Gasteiger partial charge in [-0.25, -0.2) is 8.42 Å². The van der Waals surface area contributed by atoms with E-state index in [-0.39, 0.29) is 22.2 Å². The van der Waals surface area contributed by atoms with Gasteiger partial charge in [0.1, 0.15) is 11.5 Å². The fourth-order valence-corrected chi connectivity index (χ4v) is 4.08. The minimum absolute atomic E-state index is 0.0337. The Hall–Kier alpha value is -3.45. The highest BCUT2D eigenvalue weighted by molar-refractivity contribution is 7.90. The van der Waals surface area contributed by atoms with Gasteiger partial charge in [0.05, 0.1) is 22.3 Å². The maximum atomic E-state index is 12.4. The van der Waals surface area contributed by atoms with Crippen LogP contribution in [0.2, 0.25) is 0 Å². The van der Waals surface area contributed by atoms with Gasteiger partial charge in [0.15, 0.2) is 15.6 Å². The van der Waals surface area contributed by atoms with Crippen LogP contribution in [0, 0.1) is 0 Å². The fraction of sp³-hybridized carbons (Fsp3) is 0.0476. The molecular formula is C21H16N2O4S. The summed E-state index contributed by atoms with van der Waals surface area (Å²) in [5.74, 6) is -0.556. The predicted octanol–water partition coefficient (Wildman–Crippen LogP) is 4.05. The van der Waals surface area contributed by atoms with Crippen molar-refractivity contribution in [1.29, 1.82) is 0 Å². The standard InChI is InChI=1S/C21H16N2O4S/c24-21(23-16-12-15-6-4-5-9-19(15)22-13-16)20-11-10-17(27-20)14-28(25,26)18-7-2-1-3-8-18/h1-13H,14H2,(H,23,24). The Bertz CT molecular complexity index is 1250. The first kappa shape index (κ1) is 17.9. The van der Waals surface area contributed by atoms with Crippen molar-refractivity contribution in [2.75, 3.05) is 5.32 Å². The van der Waals surface area contributed by atoms with Gasteiger partial charge in [0, 0.05) is 5.39 Å². The summed E-state index contributed by atoms with van der Waals surface area (Å²) >= 11 is 0. The lowest BCUT2D eigenvalue weighted by molar-refractivity contribution is 0.0995. The molecule has 2 aromatic heterocycles. The summed E-state index contributed by atoms with van der Waals surface area (Å²) in [4.78, 5) is 16.9. The molecule has 2 aromatic carbocycles. The van der Waals surface area contributed by atoms with Crippen molar-refractivity contribution in [1.82, 2.24) is 4.98 Å². The van der Waals surface area contributed by atoms with Crippen molar-refractivity contribution in [2.45, 2.75) is 10.6 Å². The van der Waals surface area contributed by atoms with E-state index in [9.17, 15) is 13.2 Å². The number of sulfone groups is 1. The average molecular weight is 392 g/mol. The number of amides is 1. The van der Waals surface area contributed by atoms with Crippen molar-refractivity contribution >= 4 is 32.3 Å². The number of anilines is 1. The molecule has 0 saturated heterocycles. The van der Waals surface area contributed by atoms with Crippen LogP contribution in [0.5, 0.6) is 0 Å². The van der Waals surface area contributed by atoms with Crippen molar-refractivity contribution < 1.29 is 17.6 Å². The Morgan fingerprint density at radius 3 is 2.54 bits per heavy atom. The number of carbonyl (C=O) groups excluding carboxylic acids is 1. The summed E-state index contributed by atoms with van der Waals surface area (Å²) in [6, 6.07) is 20.4. The van der Waals surface area contributed by atoms with Crippen LogP contribution in [0.1, 0.15) is 16.3 Å². The first-order chi connectivity index (χ1) is 13.5. The molecule has 0 spiro atoms. The van der Waals surface area contributed by atoms with Gasteiger partial charge in [0.25, 0.3) is 5.91 Å². The van der Waals surface area contributed by atoms with Crippen LogP contribution >= 0.6 is 0 Å². The van der Waals surface area contributed by atoms with Crippen LogP contribution < -0.4 is 5.32 Å². The molecule has 0 saturated carbocycles. The zero-order valence-corrected chi connectivity index (χ0v) is 15.5. The number of fused-ring (bicyclic) bond motifs is 1. The number of hydrogen-bond donors (Lipinski definition) is 1. The number of para-hydroxylation sites is 1. The molecule has 0 atom stereocenters. The third-order valence-corrected chi connectivity index (χ3v) is 5.82. The molecule has 0 aliphatic carbocycles. The molecule has 4 rings (SSSR count). The van der Waals surface area contributed by atoms with Gasteiger partial charge >= 0.3 is 0 Å². The molecule has 0 unspecified atom stereocenters. The molecule has 2 heterocycles. The van der Waals surface area contributed by atoms with Crippen LogP contribution in [0.15, 0.2) is 88.3 Å². The number of benzene rings is 2. The third-order valence-electron chi connectivity index (χ3n) is 4.17. The highest BCUT2D eigenvalue weighted by Gasteiger charge is 2.19. The summed E-state index contributed by atoms with van der Waals surface area (Å²) in [5.41, 5.74) is 1.35. The number of furan rings is 1. The summed E-state index contributed by atoms with van der Waals surface area (Å²) < 4.78 is 30.3. The molecule has 0 radical (unpaired) electrons. The quantitative estimate of drug-likeness (QED) is 0.553. The highest BCUT2D eigenvalue weighted by Crippen LogP contribution is 2.20. The number of rotatable bonds is 5. The smallest absolute Gasteiger partial charge is 0.291 e. The number of pyridine rings is 1.